The molecule has 0 aliphatic carbocycles. The first-order valence-electron chi connectivity index (χ1n) is 10.8. The lowest BCUT2D eigenvalue weighted by Gasteiger charge is -2.37. The van der Waals surface area contributed by atoms with Crippen LogP contribution in [-0.4, -0.2) is 36.4 Å². The average Bonchev–Trinajstić information content (AvgIpc) is 2.98. The number of anilines is 1. The number of carbonyl (C=O) groups is 2. The number of benzene rings is 2. The molecule has 0 saturated carbocycles. The van der Waals surface area contributed by atoms with Crippen LogP contribution in [0.1, 0.15) is 32.8 Å². The first kappa shape index (κ1) is 21.1. The highest BCUT2D eigenvalue weighted by Gasteiger charge is 2.43. The van der Waals surface area contributed by atoms with Gasteiger partial charge in [0.2, 0.25) is 0 Å². The highest BCUT2D eigenvalue weighted by Crippen LogP contribution is 2.38. The molecule has 1 fully saturated rings. The van der Waals surface area contributed by atoms with E-state index in [1.807, 2.05) is 11.8 Å². The first-order valence-corrected chi connectivity index (χ1v) is 10.8. The van der Waals surface area contributed by atoms with Crippen molar-refractivity contribution in [1.82, 2.24) is 4.90 Å². The van der Waals surface area contributed by atoms with E-state index >= 15 is 0 Å². The van der Waals surface area contributed by atoms with E-state index in [1.54, 1.807) is 36.4 Å². The van der Waals surface area contributed by atoms with Crippen LogP contribution in [0, 0.1) is 17.7 Å². The van der Waals surface area contributed by atoms with Crippen LogP contribution in [-0.2, 0) is 9.59 Å². The Hall–Kier alpha value is -3.15. The van der Waals surface area contributed by atoms with E-state index in [2.05, 4.69) is 13.8 Å². The third-order valence-corrected chi connectivity index (χ3v) is 5.76. The number of piperidine rings is 1. The van der Waals surface area contributed by atoms with Crippen molar-refractivity contribution in [2.45, 2.75) is 27.2 Å². The van der Waals surface area contributed by atoms with Gasteiger partial charge in [-0.1, -0.05) is 32.0 Å². The average molecular weight is 423 g/mol. The number of rotatable bonds is 5. The summed E-state index contributed by atoms with van der Waals surface area (Å²) in [5, 5.41) is 0. The second-order valence-corrected chi connectivity index (χ2v) is 8.46. The number of halogens is 1. The van der Waals surface area contributed by atoms with Crippen LogP contribution < -0.4 is 9.64 Å². The fourth-order valence-electron chi connectivity index (χ4n) is 4.65. The summed E-state index contributed by atoms with van der Waals surface area (Å²) in [5.74, 6) is 0.278. The van der Waals surface area contributed by atoms with Crippen molar-refractivity contribution in [3.8, 4) is 5.75 Å². The Balaban J connectivity index is 1.80. The zero-order valence-corrected chi connectivity index (χ0v) is 18.1. The Morgan fingerprint density at radius 2 is 1.68 bits per heavy atom. The summed E-state index contributed by atoms with van der Waals surface area (Å²) in [6, 6.07) is 12.7. The normalized spacial score (nSPS) is 21.8. The Labute approximate surface area is 182 Å². The minimum atomic E-state index is -0.397. The molecule has 2 atom stereocenters. The van der Waals surface area contributed by atoms with Gasteiger partial charge in [0, 0.05) is 19.2 Å². The van der Waals surface area contributed by atoms with Gasteiger partial charge < -0.3 is 9.64 Å². The van der Waals surface area contributed by atoms with Crippen molar-refractivity contribution in [1.29, 1.82) is 0 Å². The number of amides is 2. The van der Waals surface area contributed by atoms with Crippen LogP contribution in [0.4, 0.5) is 10.1 Å². The fourth-order valence-corrected chi connectivity index (χ4v) is 4.65. The highest BCUT2D eigenvalue weighted by molar-refractivity contribution is 6.45. The van der Waals surface area contributed by atoms with Gasteiger partial charge in [0.25, 0.3) is 11.8 Å². The van der Waals surface area contributed by atoms with Gasteiger partial charge in [0.1, 0.15) is 17.3 Å². The first-order chi connectivity index (χ1) is 14.9. The zero-order chi connectivity index (χ0) is 22.1. The van der Waals surface area contributed by atoms with Crippen LogP contribution in [0.3, 0.4) is 0 Å². The SMILES string of the molecule is CCOc1cccc(N2C(=O)C(c3ccc(F)cc3)=C(N3CC(C)CC(C)C3)C2=O)c1. The lowest BCUT2D eigenvalue weighted by molar-refractivity contribution is -0.120. The molecule has 2 aliphatic rings. The molecule has 5 nitrogen and oxygen atoms in total. The van der Waals surface area contributed by atoms with Gasteiger partial charge in [-0.3, -0.25) is 9.59 Å². The Bertz CT molecular complexity index is 1020. The minimum absolute atomic E-state index is 0.327. The van der Waals surface area contributed by atoms with Crippen LogP contribution in [0.25, 0.3) is 5.57 Å². The molecule has 4 rings (SSSR count). The van der Waals surface area contributed by atoms with Gasteiger partial charge in [-0.05, 0) is 55.0 Å². The summed E-state index contributed by atoms with van der Waals surface area (Å²) < 4.78 is 19.1. The Morgan fingerprint density at radius 3 is 2.32 bits per heavy atom. The Kier molecular flexibility index (Phi) is 5.81. The Morgan fingerprint density at radius 1 is 1.00 bits per heavy atom. The van der Waals surface area contributed by atoms with Crippen LogP contribution in [0.15, 0.2) is 54.2 Å². The third-order valence-electron chi connectivity index (χ3n) is 5.76. The third kappa shape index (κ3) is 4.07. The van der Waals surface area contributed by atoms with E-state index in [4.69, 9.17) is 4.74 Å². The molecule has 2 aromatic rings. The molecule has 2 aromatic carbocycles. The van der Waals surface area contributed by atoms with Crippen molar-refractivity contribution in [3.63, 3.8) is 0 Å². The molecule has 162 valence electrons. The fraction of sp³-hybridized carbons (Fsp3) is 0.360. The van der Waals surface area contributed by atoms with Crippen LogP contribution >= 0.6 is 0 Å². The molecule has 0 aromatic heterocycles. The van der Waals surface area contributed by atoms with Crippen LogP contribution in [0.5, 0.6) is 5.75 Å². The molecule has 0 N–H and O–H groups in total. The lowest BCUT2D eigenvalue weighted by Crippen LogP contribution is -2.42. The number of nitrogens with zero attached hydrogens (tertiary/aromatic N) is 2. The second kappa shape index (κ2) is 8.53. The monoisotopic (exact) mass is 422 g/mol. The van der Waals surface area contributed by atoms with E-state index in [0.717, 1.165) is 6.42 Å². The van der Waals surface area contributed by atoms with Gasteiger partial charge in [-0.25, -0.2) is 9.29 Å². The summed E-state index contributed by atoms with van der Waals surface area (Å²) in [6.07, 6.45) is 1.08. The molecule has 0 radical (unpaired) electrons. The van der Waals surface area contributed by atoms with Crippen molar-refractivity contribution in [2.24, 2.45) is 11.8 Å². The van der Waals surface area contributed by atoms with Crippen molar-refractivity contribution in [2.75, 3.05) is 24.6 Å². The predicted molar refractivity (Wildman–Crippen MR) is 118 cm³/mol. The smallest absolute Gasteiger partial charge is 0.282 e. The topological polar surface area (TPSA) is 49.9 Å². The maximum Gasteiger partial charge on any atom is 0.282 e. The standard InChI is InChI=1S/C25H27FN2O3/c1-4-31-21-7-5-6-20(13-21)28-24(29)22(18-8-10-19(26)11-9-18)23(25(28)30)27-14-16(2)12-17(3)15-27/h5-11,13,16-17H,4,12,14-15H2,1-3H3. The summed E-state index contributed by atoms with van der Waals surface area (Å²) >= 11 is 0. The maximum atomic E-state index is 13.6. The van der Waals surface area contributed by atoms with Crippen molar-refractivity contribution >= 4 is 23.1 Å². The maximum absolute atomic E-state index is 13.6. The number of imide groups is 1. The summed E-state index contributed by atoms with van der Waals surface area (Å²) in [7, 11) is 0. The van der Waals surface area contributed by atoms with Gasteiger partial charge in [0.15, 0.2) is 0 Å². The molecule has 2 aliphatic heterocycles. The minimum Gasteiger partial charge on any atom is -0.494 e. The van der Waals surface area contributed by atoms with E-state index in [0.29, 0.717) is 59.8 Å². The number of likely N-dealkylation sites (tertiary alicyclic amines) is 1. The predicted octanol–water partition coefficient (Wildman–Crippen LogP) is 4.49. The van der Waals surface area contributed by atoms with Gasteiger partial charge >= 0.3 is 0 Å². The lowest BCUT2D eigenvalue weighted by atomic mass is 9.91. The molecular formula is C25H27FN2O3. The summed E-state index contributed by atoms with van der Waals surface area (Å²) in [4.78, 5) is 30.5. The largest absolute Gasteiger partial charge is 0.494 e. The number of hydrogen-bond donors (Lipinski definition) is 0. The van der Waals surface area contributed by atoms with Gasteiger partial charge in [-0.2, -0.15) is 0 Å². The molecule has 0 bridgehead atoms. The highest BCUT2D eigenvalue weighted by atomic mass is 19.1. The van der Waals surface area contributed by atoms with Crippen molar-refractivity contribution in [3.05, 3.63) is 65.6 Å². The number of carbonyl (C=O) groups excluding carboxylic acids is 2. The molecule has 1 saturated heterocycles. The van der Waals surface area contributed by atoms with E-state index in [-0.39, 0.29) is 11.7 Å². The molecule has 31 heavy (non-hydrogen) atoms. The molecular weight excluding hydrogens is 395 g/mol. The second-order valence-electron chi connectivity index (χ2n) is 8.46. The van der Waals surface area contributed by atoms with Gasteiger partial charge in [0.05, 0.1) is 17.9 Å². The number of hydrogen-bond acceptors (Lipinski definition) is 4. The van der Waals surface area contributed by atoms with E-state index < -0.39 is 5.91 Å². The number of ether oxygens (including phenoxy) is 1. The van der Waals surface area contributed by atoms with Crippen LogP contribution in [0.2, 0.25) is 0 Å². The quantitative estimate of drug-likeness (QED) is 0.667. The van der Waals surface area contributed by atoms with E-state index in [9.17, 15) is 14.0 Å². The van der Waals surface area contributed by atoms with Gasteiger partial charge in [-0.15, -0.1) is 0 Å². The zero-order valence-electron chi connectivity index (χ0n) is 18.1. The molecule has 6 heteroatoms. The molecule has 2 unspecified atom stereocenters. The van der Waals surface area contributed by atoms with Crippen molar-refractivity contribution < 1.29 is 18.7 Å². The van der Waals surface area contributed by atoms with E-state index in [1.165, 1.54) is 17.0 Å². The summed E-state index contributed by atoms with van der Waals surface area (Å²) in [6.45, 7) is 8.09. The molecule has 2 amide bonds. The summed E-state index contributed by atoms with van der Waals surface area (Å²) in [5.41, 5.74) is 1.74. The molecule has 0 spiro atoms. The molecule has 2 heterocycles.